The zero-order valence-electron chi connectivity index (χ0n) is 19.9. The number of halogens is 5. The first-order valence-corrected chi connectivity index (χ1v) is 11.4. The van der Waals surface area contributed by atoms with E-state index in [0.29, 0.717) is 24.1 Å². The summed E-state index contributed by atoms with van der Waals surface area (Å²) < 4.78 is 68.7. The molecular weight excluding hydrogens is 505 g/mol. The number of nitrogens with two attached hydrogens (primary N) is 1. The van der Waals surface area contributed by atoms with Gasteiger partial charge < -0.3 is 15.2 Å². The molecule has 0 saturated carbocycles. The second-order valence-corrected chi connectivity index (χ2v) is 8.50. The maximum Gasteiger partial charge on any atom is 0.416 e. The van der Waals surface area contributed by atoms with Crippen LogP contribution in [0.2, 0.25) is 0 Å². The van der Waals surface area contributed by atoms with Crippen molar-refractivity contribution >= 4 is 17.7 Å². The lowest BCUT2D eigenvalue weighted by atomic mass is 10.1. The fourth-order valence-corrected chi connectivity index (χ4v) is 3.68. The molecule has 0 atom stereocenters. The Balaban J connectivity index is 1.59. The summed E-state index contributed by atoms with van der Waals surface area (Å²) in [6.45, 7) is 0.0276. The lowest BCUT2D eigenvalue weighted by molar-refractivity contribution is -0.137. The van der Waals surface area contributed by atoms with Gasteiger partial charge in [0.2, 0.25) is 5.91 Å². The summed E-state index contributed by atoms with van der Waals surface area (Å²) in [7, 11) is 0. The second-order valence-electron chi connectivity index (χ2n) is 8.50. The van der Waals surface area contributed by atoms with Gasteiger partial charge in [0.15, 0.2) is 5.82 Å². The summed E-state index contributed by atoms with van der Waals surface area (Å²) in [5.74, 6) is -1.84. The van der Waals surface area contributed by atoms with Crippen LogP contribution >= 0.6 is 0 Å². The summed E-state index contributed by atoms with van der Waals surface area (Å²) in [5.41, 5.74) is 6.59. The molecule has 0 spiro atoms. The number of rotatable bonds is 8. The molecule has 0 unspecified atom stereocenters. The molecule has 3 aromatic carbocycles. The quantitative estimate of drug-likeness (QED) is 0.188. The fourth-order valence-electron chi connectivity index (χ4n) is 3.68. The van der Waals surface area contributed by atoms with E-state index in [1.54, 1.807) is 16.7 Å². The molecule has 1 aromatic heterocycles. The topological polar surface area (TPSA) is 77.0 Å². The molecule has 6 nitrogen and oxygen atoms in total. The highest BCUT2D eigenvalue weighted by Crippen LogP contribution is 2.29. The standard InChI is InChI=1S/C27H22F5N5O/c28-22-8-7-20(24(29)13-22)15-36(26(38)11-6-18-2-1-3-21(12-18)27(30,31)32)16-25-35-34-17-37(25)14-19-4-9-23(33)10-5-19/h1-13,17H,14-16,33H2/b11-6+. The first-order chi connectivity index (χ1) is 18.1. The maximum absolute atomic E-state index is 14.4. The van der Waals surface area contributed by atoms with Gasteiger partial charge in [-0.3, -0.25) is 4.79 Å². The first-order valence-electron chi connectivity index (χ1n) is 11.4. The highest BCUT2D eigenvalue weighted by atomic mass is 19.4. The average molecular weight is 527 g/mol. The van der Waals surface area contributed by atoms with Crippen molar-refractivity contribution in [3.05, 3.63) is 119 Å². The molecule has 0 radical (unpaired) electrons. The average Bonchev–Trinajstić information content (AvgIpc) is 3.31. The molecule has 1 amide bonds. The van der Waals surface area contributed by atoms with Gasteiger partial charge in [-0.15, -0.1) is 10.2 Å². The van der Waals surface area contributed by atoms with Crippen molar-refractivity contribution in [1.82, 2.24) is 19.7 Å². The minimum Gasteiger partial charge on any atom is -0.399 e. The Kier molecular flexibility index (Phi) is 7.85. The van der Waals surface area contributed by atoms with Crippen LogP contribution in [-0.4, -0.2) is 25.6 Å². The normalized spacial score (nSPS) is 11.7. The summed E-state index contributed by atoms with van der Waals surface area (Å²) in [6, 6.07) is 14.6. The van der Waals surface area contributed by atoms with Crippen LogP contribution in [0.15, 0.2) is 79.1 Å². The Morgan fingerprint density at radius 2 is 1.76 bits per heavy atom. The van der Waals surface area contributed by atoms with Crippen LogP contribution in [0.1, 0.15) is 28.1 Å². The van der Waals surface area contributed by atoms with Crippen molar-refractivity contribution in [2.24, 2.45) is 0 Å². The SMILES string of the molecule is Nc1ccc(Cn2cnnc2CN(Cc2ccc(F)cc2F)C(=O)/C=C/c2cccc(C(F)(F)F)c2)cc1. The lowest BCUT2D eigenvalue weighted by Crippen LogP contribution is -2.30. The van der Waals surface area contributed by atoms with Crippen LogP contribution in [0.4, 0.5) is 27.6 Å². The number of carbonyl (C=O) groups is 1. The van der Waals surface area contributed by atoms with Gasteiger partial charge in [-0.1, -0.05) is 30.3 Å². The Labute approximate surface area is 214 Å². The van der Waals surface area contributed by atoms with Gasteiger partial charge in [0.1, 0.15) is 18.0 Å². The molecule has 11 heteroatoms. The number of alkyl halides is 3. The van der Waals surface area contributed by atoms with E-state index < -0.39 is 29.3 Å². The first kappa shape index (κ1) is 26.5. The van der Waals surface area contributed by atoms with Crippen molar-refractivity contribution in [3.63, 3.8) is 0 Å². The number of aromatic nitrogens is 3. The predicted molar refractivity (Wildman–Crippen MR) is 131 cm³/mol. The molecule has 0 fully saturated rings. The van der Waals surface area contributed by atoms with Crippen molar-refractivity contribution < 1.29 is 26.7 Å². The number of hydrogen-bond acceptors (Lipinski definition) is 4. The number of nitrogen functional groups attached to an aromatic ring is 1. The van der Waals surface area contributed by atoms with E-state index in [1.165, 1.54) is 35.5 Å². The Hall–Kier alpha value is -4.54. The molecular formula is C27H22F5N5O. The minimum absolute atomic E-state index is 0.0526. The van der Waals surface area contributed by atoms with Crippen molar-refractivity contribution in [2.45, 2.75) is 25.8 Å². The van der Waals surface area contributed by atoms with Crippen LogP contribution in [-0.2, 0) is 30.6 Å². The van der Waals surface area contributed by atoms with Crippen LogP contribution < -0.4 is 5.73 Å². The molecule has 4 aromatic rings. The van der Waals surface area contributed by atoms with Gasteiger partial charge in [0.05, 0.1) is 18.7 Å². The largest absolute Gasteiger partial charge is 0.416 e. The molecule has 0 aliphatic heterocycles. The van der Waals surface area contributed by atoms with E-state index in [0.717, 1.165) is 29.8 Å². The van der Waals surface area contributed by atoms with E-state index >= 15 is 0 Å². The Morgan fingerprint density at radius 1 is 1.00 bits per heavy atom. The minimum atomic E-state index is -4.53. The van der Waals surface area contributed by atoms with Crippen LogP contribution in [0.5, 0.6) is 0 Å². The van der Waals surface area contributed by atoms with Gasteiger partial charge in [-0.25, -0.2) is 8.78 Å². The number of carbonyl (C=O) groups excluding carboxylic acids is 1. The van der Waals surface area contributed by atoms with Crippen LogP contribution in [0.25, 0.3) is 6.08 Å². The van der Waals surface area contributed by atoms with Crippen molar-refractivity contribution in [1.29, 1.82) is 0 Å². The monoisotopic (exact) mass is 527 g/mol. The van der Waals surface area contributed by atoms with Gasteiger partial charge in [-0.05, 0) is 47.5 Å². The van der Waals surface area contributed by atoms with Crippen molar-refractivity contribution in [3.8, 4) is 0 Å². The third-order valence-electron chi connectivity index (χ3n) is 5.68. The smallest absolute Gasteiger partial charge is 0.399 e. The highest BCUT2D eigenvalue weighted by Gasteiger charge is 2.30. The van der Waals surface area contributed by atoms with E-state index in [9.17, 15) is 26.7 Å². The molecule has 196 valence electrons. The zero-order valence-corrected chi connectivity index (χ0v) is 19.9. The van der Waals surface area contributed by atoms with E-state index in [2.05, 4.69) is 10.2 Å². The summed E-state index contributed by atoms with van der Waals surface area (Å²) in [5, 5.41) is 7.99. The van der Waals surface area contributed by atoms with Crippen molar-refractivity contribution in [2.75, 3.05) is 5.73 Å². The van der Waals surface area contributed by atoms with Gasteiger partial charge in [0.25, 0.3) is 0 Å². The van der Waals surface area contributed by atoms with Gasteiger partial charge in [-0.2, -0.15) is 13.2 Å². The fraction of sp³-hybridized carbons (Fsp3) is 0.148. The van der Waals surface area contributed by atoms with Crippen LogP contribution in [0, 0.1) is 11.6 Å². The maximum atomic E-state index is 14.4. The molecule has 0 aliphatic carbocycles. The number of amides is 1. The van der Waals surface area contributed by atoms with E-state index in [4.69, 9.17) is 5.73 Å². The highest BCUT2D eigenvalue weighted by molar-refractivity contribution is 5.91. The van der Waals surface area contributed by atoms with Gasteiger partial charge in [0, 0.05) is 29.9 Å². The Bertz CT molecular complexity index is 1450. The van der Waals surface area contributed by atoms with Crippen LogP contribution in [0.3, 0.4) is 0 Å². The van der Waals surface area contributed by atoms with Gasteiger partial charge >= 0.3 is 6.18 Å². The summed E-state index contributed by atoms with van der Waals surface area (Å²) in [4.78, 5) is 14.4. The number of anilines is 1. The summed E-state index contributed by atoms with van der Waals surface area (Å²) >= 11 is 0. The molecule has 4 rings (SSSR count). The molecule has 0 aliphatic rings. The van der Waals surface area contributed by atoms with E-state index in [1.807, 2.05) is 12.1 Å². The molecule has 2 N–H and O–H groups in total. The zero-order chi connectivity index (χ0) is 27.3. The molecule has 0 bridgehead atoms. The molecule has 1 heterocycles. The summed E-state index contributed by atoms with van der Waals surface area (Å²) in [6.07, 6.45) is -0.720. The number of benzene rings is 3. The lowest BCUT2D eigenvalue weighted by Gasteiger charge is -2.22. The Morgan fingerprint density at radius 3 is 2.47 bits per heavy atom. The van der Waals surface area contributed by atoms with E-state index in [-0.39, 0.29) is 24.2 Å². The molecule has 0 saturated heterocycles. The molecule has 38 heavy (non-hydrogen) atoms. The second kappa shape index (κ2) is 11.2. The number of hydrogen-bond donors (Lipinski definition) is 1. The predicted octanol–water partition coefficient (Wildman–Crippen LogP) is 5.45. The number of nitrogens with zero attached hydrogens (tertiary/aromatic N) is 4. The third kappa shape index (κ3) is 6.81. The third-order valence-corrected chi connectivity index (χ3v) is 5.68.